The van der Waals surface area contributed by atoms with E-state index in [1.165, 1.54) is 5.56 Å². The maximum atomic E-state index is 12.7. The Kier molecular flexibility index (Phi) is 5.81. The number of nitrogens with one attached hydrogen (secondary N) is 2. The molecule has 0 radical (unpaired) electrons. The monoisotopic (exact) mass is 393 g/mol. The van der Waals surface area contributed by atoms with E-state index in [4.69, 9.17) is 4.74 Å². The van der Waals surface area contributed by atoms with Crippen LogP contribution in [-0.4, -0.2) is 38.1 Å². The Hall–Kier alpha value is -2.86. The number of nitrogens with zero attached hydrogens (tertiary/aromatic N) is 1. The van der Waals surface area contributed by atoms with Gasteiger partial charge in [0.2, 0.25) is 11.8 Å². The third-order valence-corrected chi connectivity index (χ3v) is 5.53. The second-order valence-corrected chi connectivity index (χ2v) is 7.76. The molecule has 2 amide bonds. The van der Waals surface area contributed by atoms with E-state index >= 15 is 0 Å². The Morgan fingerprint density at radius 2 is 1.79 bits per heavy atom. The minimum absolute atomic E-state index is 0.0480. The number of benzene rings is 2. The van der Waals surface area contributed by atoms with Gasteiger partial charge in [0.05, 0.1) is 36.4 Å². The number of rotatable bonds is 6. The number of para-hydroxylation sites is 2. The van der Waals surface area contributed by atoms with Crippen LogP contribution in [0.5, 0.6) is 0 Å². The number of ether oxygens (including phenoxy) is 1. The van der Waals surface area contributed by atoms with E-state index in [2.05, 4.69) is 21.6 Å². The van der Waals surface area contributed by atoms with Crippen LogP contribution < -0.4 is 15.5 Å². The summed E-state index contributed by atoms with van der Waals surface area (Å²) in [6.07, 6.45) is 0.602. The molecule has 0 spiro atoms. The van der Waals surface area contributed by atoms with Crippen LogP contribution in [0.2, 0.25) is 0 Å². The van der Waals surface area contributed by atoms with Gasteiger partial charge in [0, 0.05) is 19.6 Å². The van der Waals surface area contributed by atoms with Crippen molar-refractivity contribution in [2.24, 2.45) is 11.8 Å². The number of hydrogen-bond donors (Lipinski definition) is 2. The van der Waals surface area contributed by atoms with Crippen molar-refractivity contribution in [3.8, 4) is 0 Å². The molecule has 0 bridgehead atoms. The maximum absolute atomic E-state index is 12.7. The minimum atomic E-state index is -0.259. The third-order valence-electron chi connectivity index (χ3n) is 5.53. The molecular weight excluding hydrogens is 366 g/mol. The summed E-state index contributed by atoms with van der Waals surface area (Å²) < 4.78 is 5.42. The molecule has 1 saturated carbocycles. The molecule has 29 heavy (non-hydrogen) atoms. The van der Waals surface area contributed by atoms with Crippen LogP contribution >= 0.6 is 0 Å². The highest BCUT2D eigenvalue weighted by Gasteiger charge is 2.48. The zero-order valence-electron chi connectivity index (χ0n) is 16.7. The Balaban J connectivity index is 1.32. The van der Waals surface area contributed by atoms with Crippen LogP contribution in [-0.2, 0) is 20.9 Å². The summed E-state index contributed by atoms with van der Waals surface area (Å²) in [4.78, 5) is 27.4. The fourth-order valence-electron chi connectivity index (χ4n) is 3.80. The number of carbonyl (C=O) groups is 2. The van der Waals surface area contributed by atoms with E-state index in [1.54, 1.807) is 0 Å². The molecule has 2 aromatic rings. The van der Waals surface area contributed by atoms with Crippen LogP contribution in [0.25, 0.3) is 0 Å². The van der Waals surface area contributed by atoms with Gasteiger partial charge in [0.25, 0.3) is 0 Å². The summed E-state index contributed by atoms with van der Waals surface area (Å²) >= 11 is 0. The first kappa shape index (κ1) is 19.5. The molecule has 1 aliphatic carbocycles. The summed E-state index contributed by atoms with van der Waals surface area (Å²) in [6.45, 7) is 5.51. The van der Waals surface area contributed by atoms with Gasteiger partial charge in [-0.05, 0) is 31.0 Å². The van der Waals surface area contributed by atoms with E-state index in [1.807, 2.05) is 49.4 Å². The van der Waals surface area contributed by atoms with Crippen LogP contribution in [0.1, 0.15) is 17.5 Å². The van der Waals surface area contributed by atoms with Gasteiger partial charge in [-0.1, -0.05) is 42.0 Å². The summed E-state index contributed by atoms with van der Waals surface area (Å²) in [5, 5.41) is 5.99. The first-order valence-electron chi connectivity index (χ1n) is 10.2. The van der Waals surface area contributed by atoms with Crippen LogP contribution in [0.15, 0.2) is 48.5 Å². The molecule has 2 unspecified atom stereocenters. The molecule has 0 aromatic heterocycles. The summed E-state index contributed by atoms with van der Waals surface area (Å²) in [5.74, 6) is -0.629. The summed E-state index contributed by atoms with van der Waals surface area (Å²) in [6, 6.07) is 15.9. The smallest absolute Gasteiger partial charge is 0.228 e. The van der Waals surface area contributed by atoms with Gasteiger partial charge in [-0.25, -0.2) is 0 Å². The van der Waals surface area contributed by atoms with E-state index in [9.17, 15) is 9.59 Å². The van der Waals surface area contributed by atoms with E-state index in [0.29, 0.717) is 26.2 Å². The Labute approximate surface area is 171 Å². The van der Waals surface area contributed by atoms with Crippen LogP contribution in [0.4, 0.5) is 11.4 Å². The third kappa shape index (κ3) is 4.77. The van der Waals surface area contributed by atoms with E-state index in [-0.39, 0.29) is 23.7 Å². The fourth-order valence-corrected chi connectivity index (χ4v) is 3.80. The molecule has 152 valence electrons. The van der Waals surface area contributed by atoms with Gasteiger partial charge in [0.15, 0.2) is 0 Å². The molecule has 2 atom stereocenters. The van der Waals surface area contributed by atoms with Gasteiger partial charge in [-0.2, -0.15) is 0 Å². The molecule has 6 nitrogen and oxygen atoms in total. The zero-order valence-corrected chi connectivity index (χ0v) is 16.7. The van der Waals surface area contributed by atoms with Gasteiger partial charge in [-0.15, -0.1) is 0 Å². The zero-order chi connectivity index (χ0) is 20.2. The van der Waals surface area contributed by atoms with Gasteiger partial charge in [-0.3, -0.25) is 9.59 Å². The summed E-state index contributed by atoms with van der Waals surface area (Å²) in [7, 11) is 0. The van der Waals surface area contributed by atoms with Crippen molar-refractivity contribution in [3.05, 3.63) is 59.7 Å². The molecule has 2 N–H and O–H groups in total. The van der Waals surface area contributed by atoms with Gasteiger partial charge in [0.1, 0.15) is 0 Å². The van der Waals surface area contributed by atoms with Crippen molar-refractivity contribution in [1.82, 2.24) is 5.32 Å². The number of hydrogen-bond acceptors (Lipinski definition) is 4. The topological polar surface area (TPSA) is 70.7 Å². The van der Waals surface area contributed by atoms with Crippen molar-refractivity contribution in [3.63, 3.8) is 0 Å². The lowest BCUT2D eigenvalue weighted by Gasteiger charge is -2.30. The predicted molar refractivity (Wildman–Crippen MR) is 113 cm³/mol. The lowest BCUT2D eigenvalue weighted by molar-refractivity contribution is -0.125. The molecule has 2 aromatic carbocycles. The Morgan fingerprint density at radius 3 is 2.59 bits per heavy atom. The quantitative estimate of drug-likeness (QED) is 0.792. The van der Waals surface area contributed by atoms with Crippen molar-refractivity contribution >= 4 is 23.2 Å². The van der Waals surface area contributed by atoms with Crippen molar-refractivity contribution in [2.75, 3.05) is 36.5 Å². The Bertz CT molecular complexity index is 892. The normalized spacial score (nSPS) is 20.8. The van der Waals surface area contributed by atoms with Crippen molar-refractivity contribution in [2.45, 2.75) is 19.9 Å². The maximum Gasteiger partial charge on any atom is 0.228 e. The second kappa shape index (κ2) is 8.66. The van der Waals surface area contributed by atoms with E-state index < -0.39 is 0 Å². The summed E-state index contributed by atoms with van der Waals surface area (Å²) in [5.41, 5.74) is 4.04. The standard InChI is InChI=1S/C23H27N3O3/c1-16-5-4-6-17(13-16)15-24-22(27)18-14-19(18)23(28)25-20-7-2-3-8-21(20)26-9-11-29-12-10-26/h2-8,13,18-19H,9-12,14-15H2,1H3,(H,24,27)(H,25,28). The number of amides is 2. The number of aryl methyl sites for hydroxylation is 1. The van der Waals surface area contributed by atoms with E-state index in [0.717, 1.165) is 30.0 Å². The molecule has 6 heteroatoms. The minimum Gasteiger partial charge on any atom is -0.378 e. The van der Waals surface area contributed by atoms with Crippen LogP contribution in [0.3, 0.4) is 0 Å². The van der Waals surface area contributed by atoms with Gasteiger partial charge >= 0.3 is 0 Å². The molecule has 2 fully saturated rings. The first-order chi connectivity index (χ1) is 14.1. The number of anilines is 2. The molecule has 1 saturated heterocycles. The second-order valence-electron chi connectivity index (χ2n) is 7.76. The number of carbonyl (C=O) groups excluding carboxylic acids is 2. The molecule has 1 aliphatic heterocycles. The van der Waals surface area contributed by atoms with Crippen molar-refractivity contribution < 1.29 is 14.3 Å². The first-order valence-corrected chi connectivity index (χ1v) is 10.2. The molecule has 4 rings (SSSR count). The van der Waals surface area contributed by atoms with Gasteiger partial charge < -0.3 is 20.3 Å². The van der Waals surface area contributed by atoms with Crippen molar-refractivity contribution in [1.29, 1.82) is 0 Å². The molecule has 1 heterocycles. The average Bonchev–Trinajstić information content (AvgIpc) is 3.54. The fraction of sp³-hybridized carbons (Fsp3) is 0.391. The molecule has 2 aliphatic rings. The number of morpholine rings is 1. The highest BCUT2D eigenvalue weighted by atomic mass is 16.5. The average molecular weight is 393 g/mol. The SMILES string of the molecule is Cc1cccc(CNC(=O)C2CC2C(=O)Nc2ccccc2N2CCOCC2)c1. The largest absolute Gasteiger partial charge is 0.378 e. The highest BCUT2D eigenvalue weighted by Crippen LogP contribution is 2.40. The molecular formula is C23H27N3O3. The lowest BCUT2D eigenvalue weighted by atomic mass is 10.1. The highest BCUT2D eigenvalue weighted by molar-refractivity contribution is 6.01. The Morgan fingerprint density at radius 1 is 1.03 bits per heavy atom. The van der Waals surface area contributed by atoms with Crippen LogP contribution in [0, 0.1) is 18.8 Å². The predicted octanol–water partition coefficient (Wildman–Crippen LogP) is 2.72. The lowest BCUT2D eigenvalue weighted by Crippen LogP contribution is -2.36.